The first-order valence-electron chi connectivity index (χ1n) is 10.1. The molecule has 7 nitrogen and oxygen atoms in total. The number of pyridine rings is 1. The van der Waals surface area contributed by atoms with Crippen molar-refractivity contribution >= 4 is 21.7 Å². The molecule has 3 aromatic rings. The zero-order valence-corrected chi connectivity index (χ0v) is 18.4. The Hall–Kier alpha value is -2.91. The topological polar surface area (TPSA) is 88.1 Å². The number of hydrogen-bond donors (Lipinski definition) is 1. The highest BCUT2D eigenvalue weighted by atomic mass is 32.2. The summed E-state index contributed by atoms with van der Waals surface area (Å²) in [4.78, 5) is 13.2. The first-order chi connectivity index (χ1) is 14.7. The van der Waals surface area contributed by atoms with Gasteiger partial charge in [0.25, 0.3) is 0 Å². The fourth-order valence-electron chi connectivity index (χ4n) is 3.78. The summed E-state index contributed by atoms with van der Waals surface area (Å²) in [6.45, 7) is 5.78. The van der Waals surface area contributed by atoms with Crippen molar-refractivity contribution in [3.05, 3.63) is 71.1 Å². The highest BCUT2D eigenvalue weighted by Gasteiger charge is 2.37. The number of anilines is 2. The van der Waals surface area contributed by atoms with Gasteiger partial charge in [-0.15, -0.1) is 0 Å². The highest BCUT2D eigenvalue weighted by Crippen LogP contribution is 2.36. The molecule has 1 aliphatic heterocycles. The van der Waals surface area contributed by atoms with E-state index < -0.39 is 15.8 Å². The second-order valence-corrected chi connectivity index (χ2v) is 9.65. The predicted octanol–water partition coefficient (Wildman–Crippen LogP) is 4.21. The van der Waals surface area contributed by atoms with Crippen LogP contribution >= 0.6 is 0 Å². The lowest BCUT2D eigenvalue weighted by Crippen LogP contribution is -2.31. The molecular weight excluding hydrogens is 417 g/mol. The molecular formula is C22H24FN5O2S. The molecule has 162 valence electrons. The lowest BCUT2D eigenvalue weighted by molar-refractivity contribution is 0.390. The van der Waals surface area contributed by atoms with Gasteiger partial charge in [-0.1, -0.05) is 6.07 Å². The number of nitrogens with one attached hydrogen (secondary N) is 1. The minimum Gasteiger partial charge on any atom is -0.323 e. The molecule has 0 bridgehead atoms. The number of rotatable bonds is 5. The minimum atomic E-state index is -3.83. The molecule has 1 N–H and O–H groups in total. The maximum Gasteiger partial charge on any atom is 0.243 e. The molecule has 31 heavy (non-hydrogen) atoms. The van der Waals surface area contributed by atoms with Crippen LogP contribution in [0.4, 0.5) is 16.0 Å². The van der Waals surface area contributed by atoms with Crippen LogP contribution in [0.1, 0.15) is 41.5 Å². The number of aryl methyl sites for hydroxylation is 3. The lowest BCUT2D eigenvalue weighted by atomic mass is 10.1. The third kappa shape index (κ3) is 4.42. The fraction of sp³-hybridized carbons (Fsp3) is 0.318. The summed E-state index contributed by atoms with van der Waals surface area (Å²) < 4.78 is 41.7. The van der Waals surface area contributed by atoms with E-state index in [2.05, 4.69) is 20.3 Å². The van der Waals surface area contributed by atoms with Crippen molar-refractivity contribution in [2.75, 3.05) is 11.9 Å². The molecule has 0 aliphatic carbocycles. The first kappa shape index (κ1) is 21.3. The normalized spacial score (nSPS) is 17.1. The van der Waals surface area contributed by atoms with Crippen LogP contribution in [0, 0.1) is 26.6 Å². The number of halogens is 1. The third-order valence-electron chi connectivity index (χ3n) is 5.32. The van der Waals surface area contributed by atoms with E-state index in [0.29, 0.717) is 35.9 Å². The number of nitrogens with zero attached hydrogens (tertiary/aromatic N) is 4. The Balaban J connectivity index is 1.56. The van der Waals surface area contributed by atoms with Crippen LogP contribution < -0.4 is 5.32 Å². The summed E-state index contributed by atoms with van der Waals surface area (Å²) in [6, 6.07) is 9.17. The standard InChI is InChI=1S/C22H24FN5O2S/c1-14-6-8-18(12-19(14)23)31(29,30)28-10-4-5-21(28)20-9-7-17(13-24-20)27-22-25-15(2)11-16(3)26-22/h6-9,11-13,21H,4-5,10H2,1-3H3,(H,25,26,27). The molecule has 0 saturated carbocycles. The number of sulfonamides is 1. The number of benzene rings is 1. The van der Waals surface area contributed by atoms with Crippen molar-refractivity contribution in [2.45, 2.75) is 44.6 Å². The zero-order valence-electron chi connectivity index (χ0n) is 17.6. The van der Waals surface area contributed by atoms with Crippen molar-refractivity contribution in [3.63, 3.8) is 0 Å². The van der Waals surface area contributed by atoms with Crippen molar-refractivity contribution < 1.29 is 12.8 Å². The number of aromatic nitrogens is 3. The second kappa shape index (κ2) is 8.32. The van der Waals surface area contributed by atoms with Gasteiger partial charge in [0.1, 0.15) is 5.82 Å². The Bertz CT molecular complexity index is 1190. The maximum atomic E-state index is 14.0. The number of hydrogen-bond acceptors (Lipinski definition) is 6. The Labute approximate surface area is 181 Å². The smallest absolute Gasteiger partial charge is 0.243 e. The third-order valence-corrected chi connectivity index (χ3v) is 7.22. The maximum absolute atomic E-state index is 14.0. The van der Waals surface area contributed by atoms with Crippen molar-refractivity contribution in [2.24, 2.45) is 0 Å². The summed E-state index contributed by atoms with van der Waals surface area (Å²) in [6.07, 6.45) is 3.02. The van der Waals surface area contributed by atoms with Crippen LogP contribution in [-0.4, -0.2) is 34.2 Å². The average Bonchev–Trinajstić information content (AvgIpc) is 3.20. The second-order valence-electron chi connectivity index (χ2n) is 7.76. The van der Waals surface area contributed by atoms with Crippen LogP contribution in [0.3, 0.4) is 0 Å². The van der Waals surface area contributed by atoms with Crippen molar-refractivity contribution in [1.29, 1.82) is 0 Å². The summed E-state index contributed by atoms with van der Waals surface area (Å²) in [5, 5.41) is 3.12. The van der Waals surface area contributed by atoms with Gasteiger partial charge in [-0.2, -0.15) is 4.31 Å². The molecule has 1 aromatic carbocycles. The molecule has 1 atom stereocenters. The van der Waals surface area contributed by atoms with E-state index in [9.17, 15) is 12.8 Å². The molecule has 1 aliphatic rings. The quantitative estimate of drug-likeness (QED) is 0.638. The summed E-state index contributed by atoms with van der Waals surface area (Å²) in [5.74, 6) is -0.0440. The van der Waals surface area contributed by atoms with E-state index in [1.165, 1.54) is 16.4 Å². The molecule has 4 rings (SSSR count). The molecule has 1 saturated heterocycles. The van der Waals surface area contributed by atoms with E-state index in [0.717, 1.165) is 23.9 Å². The average molecular weight is 442 g/mol. The van der Waals surface area contributed by atoms with Gasteiger partial charge >= 0.3 is 0 Å². The summed E-state index contributed by atoms with van der Waals surface area (Å²) in [5.41, 5.74) is 3.50. The van der Waals surface area contributed by atoms with Crippen LogP contribution in [0.5, 0.6) is 0 Å². The monoisotopic (exact) mass is 441 g/mol. The largest absolute Gasteiger partial charge is 0.323 e. The van der Waals surface area contributed by atoms with Gasteiger partial charge in [0.05, 0.1) is 28.5 Å². The van der Waals surface area contributed by atoms with Crippen LogP contribution in [-0.2, 0) is 10.0 Å². The molecule has 0 radical (unpaired) electrons. The van der Waals surface area contributed by atoms with E-state index >= 15 is 0 Å². The van der Waals surface area contributed by atoms with Gasteiger partial charge in [0.15, 0.2) is 0 Å². The molecule has 1 fully saturated rings. The van der Waals surface area contributed by atoms with Crippen molar-refractivity contribution in [3.8, 4) is 0 Å². The SMILES string of the molecule is Cc1cc(C)nc(Nc2ccc(C3CCCN3S(=O)(=O)c3ccc(C)c(F)c3)nc2)n1. The van der Waals surface area contributed by atoms with Gasteiger partial charge < -0.3 is 5.32 Å². The summed E-state index contributed by atoms with van der Waals surface area (Å²) >= 11 is 0. The highest BCUT2D eigenvalue weighted by molar-refractivity contribution is 7.89. The van der Waals surface area contributed by atoms with E-state index in [1.807, 2.05) is 26.0 Å². The molecule has 3 heterocycles. The van der Waals surface area contributed by atoms with Gasteiger partial charge in [-0.25, -0.2) is 22.8 Å². The molecule has 9 heteroatoms. The summed E-state index contributed by atoms with van der Waals surface area (Å²) in [7, 11) is -3.83. The van der Waals surface area contributed by atoms with Crippen LogP contribution in [0.2, 0.25) is 0 Å². The molecule has 2 aromatic heterocycles. The Kier molecular flexibility index (Phi) is 5.72. The van der Waals surface area contributed by atoms with Gasteiger partial charge in [-0.3, -0.25) is 4.98 Å². The van der Waals surface area contributed by atoms with E-state index in [4.69, 9.17) is 0 Å². The predicted molar refractivity (Wildman–Crippen MR) is 116 cm³/mol. The molecule has 1 unspecified atom stereocenters. The van der Waals surface area contributed by atoms with Crippen molar-refractivity contribution in [1.82, 2.24) is 19.3 Å². The van der Waals surface area contributed by atoms with E-state index in [1.54, 1.807) is 19.2 Å². The van der Waals surface area contributed by atoms with Gasteiger partial charge in [0, 0.05) is 17.9 Å². The van der Waals surface area contributed by atoms with Crippen LogP contribution in [0.25, 0.3) is 0 Å². The fourth-order valence-corrected chi connectivity index (χ4v) is 5.46. The van der Waals surface area contributed by atoms with Gasteiger partial charge in [-0.05, 0) is 69.5 Å². The Morgan fingerprint density at radius 3 is 2.45 bits per heavy atom. The van der Waals surface area contributed by atoms with Crippen LogP contribution in [0.15, 0.2) is 47.5 Å². The lowest BCUT2D eigenvalue weighted by Gasteiger charge is -2.24. The van der Waals surface area contributed by atoms with E-state index in [-0.39, 0.29) is 10.9 Å². The molecule has 0 spiro atoms. The zero-order chi connectivity index (χ0) is 22.2. The van der Waals surface area contributed by atoms with Gasteiger partial charge in [0.2, 0.25) is 16.0 Å². The minimum absolute atomic E-state index is 0.0345. The Morgan fingerprint density at radius 1 is 1.06 bits per heavy atom. The Morgan fingerprint density at radius 2 is 1.81 bits per heavy atom. The first-order valence-corrected chi connectivity index (χ1v) is 11.5. The molecule has 0 amide bonds.